The van der Waals surface area contributed by atoms with E-state index < -0.39 is 0 Å². The summed E-state index contributed by atoms with van der Waals surface area (Å²) >= 11 is 1.36. The molecule has 8 heteroatoms. The number of nitrogens with one attached hydrogen (secondary N) is 2. The second-order valence-electron chi connectivity index (χ2n) is 7.08. The van der Waals surface area contributed by atoms with E-state index >= 15 is 0 Å². The van der Waals surface area contributed by atoms with Crippen LogP contribution in [-0.4, -0.2) is 32.1 Å². The molecular formula is C21H28N6OS. The lowest BCUT2D eigenvalue weighted by Crippen LogP contribution is -2.22. The summed E-state index contributed by atoms with van der Waals surface area (Å²) in [6.07, 6.45) is 7.35. The van der Waals surface area contributed by atoms with Crippen molar-refractivity contribution < 1.29 is 4.79 Å². The molecule has 0 spiro atoms. The first-order chi connectivity index (χ1) is 14.2. The zero-order chi connectivity index (χ0) is 20.5. The molecule has 1 aromatic heterocycles. The summed E-state index contributed by atoms with van der Waals surface area (Å²) in [6, 6.07) is 8.20. The number of aromatic nitrogens is 3. The van der Waals surface area contributed by atoms with Gasteiger partial charge in [0.1, 0.15) is 0 Å². The van der Waals surface area contributed by atoms with Crippen LogP contribution in [0.1, 0.15) is 43.5 Å². The Kier molecular flexibility index (Phi) is 7.86. The average Bonchev–Trinajstić information content (AvgIpc) is 3.13. The quantitative estimate of drug-likeness (QED) is 0.371. The maximum Gasteiger partial charge on any atom is 0.250 e. The van der Waals surface area contributed by atoms with E-state index in [1.54, 1.807) is 6.08 Å². The van der Waals surface area contributed by atoms with E-state index in [1.165, 1.54) is 23.7 Å². The lowest BCUT2D eigenvalue weighted by Gasteiger charge is -2.12. The Morgan fingerprint density at radius 2 is 2.00 bits per heavy atom. The van der Waals surface area contributed by atoms with E-state index in [9.17, 15) is 4.79 Å². The molecule has 1 aromatic carbocycles. The number of anilines is 1. The predicted octanol–water partition coefficient (Wildman–Crippen LogP) is 3.91. The van der Waals surface area contributed by atoms with Crippen molar-refractivity contribution in [1.82, 2.24) is 20.2 Å². The van der Waals surface area contributed by atoms with Crippen molar-refractivity contribution in [2.45, 2.75) is 57.3 Å². The molecule has 0 atom stereocenters. The number of aryl methyl sites for hydroxylation is 1. The molecule has 1 fully saturated rings. The van der Waals surface area contributed by atoms with E-state index in [2.05, 4.69) is 51.7 Å². The Morgan fingerprint density at radius 1 is 1.24 bits per heavy atom. The lowest BCUT2D eigenvalue weighted by atomic mass is 9.99. The number of amides is 1. The van der Waals surface area contributed by atoms with Gasteiger partial charge in [-0.2, -0.15) is 5.10 Å². The van der Waals surface area contributed by atoms with E-state index in [4.69, 9.17) is 0 Å². The second-order valence-corrected chi connectivity index (χ2v) is 8.02. The van der Waals surface area contributed by atoms with Crippen LogP contribution in [0.4, 0.5) is 5.69 Å². The molecule has 154 valence electrons. The first-order valence-corrected chi connectivity index (χ1v) is 10.9. The third-order valence-corrected chi connectivity index (χ3v) is 5.68. The Balaban J connectivity index is 1.55. The van der Waals surface area contributed by atoms with Crippen LogP contribution >= 0.6 is 11.8 Å². The molecule has 1 aliphatic rings. The van der Waals surface area contributed by atoms with Crippen LogP contribution in [0.25, 0.3) is 0 Å². The summed E-state index contributed by atoms with van der Waals surface area (Å²) in [5, 5.41) is 16.9. The zero-order valence-corrected chi connectivity index (χ0v) is 17.7. The van der Waals surface area contributed by atoms with Crippen molar-refractivity contribution in [2.24, 2.45) is 5.10 Å². The number of hydrogen-bond acceptors (Lipinski definition) is 6. The monoisotopic (exact) mass is 412 g/mol. The maximum absolute atomic E-state index is 12.1. The van der Waals surface area contributed by atoms with Gasteiger partial charge in [-0.15, -0.1) is 16.8 Å². The fraction of sp³-hybridized carbons (Fsp3) is 0.429. The van der Waals surface area contributed by atoms with Crippen LogP contribution in [0.2, 0.25) is 0 Å². The van der Waals surface area contributed by atoms with Crippen molar-refractivity contribution >= 4 is 29.1 Å². The van der Waals surface area contributed by atoms with Crippen LogP contribution in [0.15, 0.2) is 47.2 Å². The smallest absolute Gasteiger partial charge is 0.250 e. The first kappa shape index (κ1) is 21.1. The molecular weight excluding hydrogens is 384 g/mol. The predicted molar refractivity (Wildman–Crippen MR) is 118 cm³/mol. The average molecular weight is 413 g/mol. The summed E-state index contributed by atoms with van der Waals surface area (Å²) in [5.74, 6) is 0.925. The fourth-order valence-corrected chi connectivity index (χ4v) is 3.86. The molecule has 1 aliphatic carbocycles. The van der Waals surface area contributed by atoms with Gasteiger partial charge in [-0.1, -0.05) is 42.0 Å². The summed E-state index contributed by atoms with van der Waals surface area (Å²) in [7, 11) is 0. The standard InChI is InChI=1S/C21H28N6OS/c1-3-13-27-19(14-22-17-11-9-16(2)10-12-17)24-26-21(27)29-15-20(28)25-23-18-7-5-4-6-8-18/h3,9-12,22H,1,4-8,13-15H2,2H3,(H,25,28). The Labute approximate surface area is 176 Å². The van der Waals surface area contributed by atoms with Crippen molar-refractivity contribution in [2.75, 3.05) is 11.1 Å². The van der Waals surface area contributed by atoms with E-state index in [1.807, 2.05) is 16.7 Å². The summed E-state index contributed by atoms with van der Waals surface area (Å²) < 4.78 is 1.97. The van der Waals surface area contributed by atoms with Gasteiger partial charge in [0.2, 0.25) is 0 Å². The van der Waals surface area contributed by atoms with Gasteiger partial charge in [-0.3, -0.25) is 4.79 Å². The zero-order valence-electron chi connectivity index (χ0n) is 16.9. The van der Waals surface area contributed by atoms with Crippen LogP contribution in [-0.2, 0) is 17.9 Å². The number of allylic oxidation sites excluding steroid dienone is 1. The highest BCUT2D eigenvalue weighted by molar-refractivity contribution is 7.99. The molecule has 0 bridgehead atoms. The Bertz CT molecular complexity index is 851. The lowest BCUT2D eigenvalue weighted by molar-refractivity contribution is -0.118. The molecule has 1 amide bonds. The fourth-order valence-electron chi connectivity index (χ4n) is 3.10. The van der Waals surface area contributed by atoms with Crippen molar-refractivity contribution in [3.05, 3.63) is 48.3 Å². The van der Waals surface area contributed by atoms with Crippen LogP contribution in [0.3, 0.4) is 0 Å². The second kappa shape index (κ2) is 10.8. The van der Waals surface area contributed by atoms with Crippen molar-refractivity contribution in [3.8, 4) is 0 Å². The molecule has 0 unspecified atom stereocenters. The number of nitrogens with zero attached hydrogens (tertiary/aromatic N) is 4. The normalized spacial score (nSPS) is 13.8. The highest BCUT2D eigenvalue weighted by Gasteiger charge is 2.14. The van der Waals surface area contributed by atoms with Gasteiger partial charge in [0.25, 0.3) is 5.91 Å². The van der Waals surface area contributed by atoms with Crippen molar-refractivity contribution in [1.29, 1.82) is 0 Å². The molecule has 7 nitrogen and oxygen atoms in total. The molecule has 2 aromatic rings. The number of hydrogen-bond donors (Lipinski definition) is 2. The van der Waals surface area contributed by atoms with Gasteiger partial charge in [-0.25, -0.2) is 5.43 Å². The number of benzene rings is 1. The molecule has 0 radical (unpaired) electrons. The molecule has 0 saturated heterocycles. The summed E-state index contributed by atoms with van der Waals surface area (Å²) in [6.45, 7) is 7.01. The number of carbonyl (C=O) groups is 1. The van der Waals surface area contributed by atoms with Crippen LogP contribution < -0.4 is 10.7 Å². The largest absolute Gasteiger partial charge is 0.378 e. The van der Waals surface area contributed by atoms with Crippen LogP contribution in [0.5, 0.6) is 0 Å². The SMILES string of the molecule is C=CCn1c(CNc2ccc(C)cc2)nnc1SCC(=O)NN=C1CCCCC1. The van der Waals surface area contributed by atoms with E-state index in [0.717, 1.165) is 42.9 Å². The van der Waals surface area contributed by atoms with Gasteiger partial charge >= 0.3 is 0 Å². The molecule has 3 rings (SSSR count). The van der Waals surface area contributed by atoms with Gasteiger partial charge in [0.15, 0.2) is 11.0 Å². The van der Waals surface area contributed by atoms with Gasteiger partial charge in [0, 0.05) is 17.9 Å². The molecule has 1 saturated carbocycles. The molecule has 2 N–H and O–H groups in total. The molecule has 0 aliphatic heterocycles. The number of carbonyl (C=O) groups excluding carboxylic acids is 1. The van der Waals surface area contributed by atoms with Gasteiger partial charge in [-0.05, 0) is 44.7 Å². The number of rotatable bonds is 9. The molecule has 1 heterocycles. The number of thioether (sulfide) groups is 1. The third-order valence-electron chi connectivity index (χ3n) is 4.71. The third kappa shape index (κ3) is 6.45. The van der Waals surface area contributed by atoms with Crippen LogP contribution in [0, 0.1) is 6.92 Å². The van der Waals surface area contributed by atoms with Crippen molar-refractivity contribution in [3.63, 3.8) is 0 Å². The first-order valence-electron chi connectivity index (χ1n) is 9.96. The minimum Gasteiger partial charge on any atom is -0.378 e. The maximum atomic E-state index is 12.1. The highest BCUT2D eigenvalue weighted by atomic mass is 32.2. The minimum atomic E-state index is -0.124. The highest BCUT2D eigenvalue weighted by Crippen LogP contribution is 2.18. The van der Waals surface area contributed by atoms with Gasteiger partial charge < -0.3 is 9.88 Å². The Hall–Kier alpha value is -2.61. The Morgan fingerprint density at radius 3 is 2.72 bits per heavy atom. The molecule has 29 heavy (non-hydrogen) atoms. The summed E-state index contributed by atoms with van der Waals surface area (Å²) in [4.78, 5) is 12.1. The van der Waals surface area contributed by atoms with E-state index in [-0.39, 0.29) is 11.7 Å². The van der Waals surface area contributed by atoms with Gasteiger partial charge in [0.05, 0.1) is 12.3 Å². The van der Waals surface area contributed by atoms with E-state index in [0.29, 0.717) is 18.2 Å². The topological polar surface area (TPSA) is 84.2 Å². The minimum absolute atomic E-state index is 0.124. The number of hydrazone groups is 1. The summed E-state index contributed by atoms with van der Waals surface area (Å²) in [5.41, 5.74) is 6.01.